The molecule has 0 bridgehead atoms. The zero-order chi connectivity index (χ0) is 16.1. The van der Waals surface area contributed by atoms with Gasteiger partial charge < -0.3 is 10.6 Å². The monoisotopic (exact) mass is 296 g/mol. The van der Waals surface area contributed by atoms with Crippen LogP contribution in [0.3, 0.4) is 0 Å². The van der Waals surface area contributed by atoms with Crippen molar-refractivity contribution in [2.24, 2.45) is 0 Å². The molecule has 1 unspecified atom stereocenters. The molecule has 114 valence electrons. The second-order valence-electron chi connectivity index (χ2n) is 5.31. The highest BCUT2D eigenvalue weighted by atomic mass is 16.2. The standard InChI is InChI=1S/C18H20N2O2/c1-12-8-7-11-16(13(12)2)20-18(22)17(21)19-14(3)15-9-5-4-6-10-15/h4-11,14H,1-3H3,(H,19,21)(H,20,22). The maximum atomic E-state index is 12.0. The highest BCUT2D eigenvalue weighted by molar-refractivity contribution is 6.39. The zero-order valence-electron chi connectivity index (χ0n) is 13.0. The van der Waals surface area contributed by atoms with Crippen LogP contribution in [0.25, 0.3) is 0 Å². The Morgan fingerprint density at radius 2 is 1.59 bits per heavy atom. The Kier molecular flexibility index (Phi) is 4.94. The molecule has 2 amide bonds. The molecule has 4 nitrogen and oxygen atoms in total. The fourth-order valence-corrected chi connectivity index (χ4v) is 2.15. The van der Waals surface area contributed by atoms with E-state index in [9.17, 15) is 9.59 Å². The number of aryl methyl sites for hydroxylation is 1. The Morgan fingerprint density at radius 1 is 0.909 bits per heavy atom. The molecule has 1 atom stereocenters. The Balaban J connectivity index is 2.01. The van der Waals surface area contributed by atoms with Gasteiger partial charge in [-0.2, -0.15) is 0 Å². The van der Waals surface area contributed by atoms with Crippen molar-refractivity contribution in [3.05, 3.63) is 65.2 Å². The first-order valence-electron chi connectivity index (χ1n) is 7.22. The molecule has 0 spiro atoms. The molecular weight excluding hydrogens is 276 g/mol. The van der Waals surface area contributed by atoms with Crippen LogP contribution in [0.1, 0.15) is 29.7 Å². The van der Waals surface area contributed by atoms with Gasteiger partial charge in [0.2, 0.25) is 0 Å². The van der Waals surface area contributed by atoms with Crippen LogP contribution >= 0.6 is 0 Å². The van der Waals surface area contributed by atoms with Gasteiger partial charge in [0.15, 0.2) is 0 Å². The summed E-state index contributed by atoms with van der Waals surface area (Å²) in [5.74, 6) is -1.30. The molecule has 2 aromatic carbocycles. The quantitative estimate of drug-likeness (QED) is 0.855. The third-order valence-corrected chi connectivity index (χ3v) is 3.71. The van der Waals surface area contributed by atoms with Crippen molar-refractivity contribution in [3.8, 4) is 0 Å². The lowest BCUT2D eigenvalue weighted by atomic mass is 10.1. The molecule has 2 aromatic rings. The summed E-state index contributed by atoms with van der Waals surface area (Å²) >= 11 is 0. The number of hydrogen-bond donors (Lipinski definition) is 2. The largest absolute Gasteiger partial charge is 0.341 e. The highest BCUT2D eigenvalue weighted by Crippen LogP contribution is 2.18. The summed E-state index contributed by atoms with van der Waals surface area (Å²) in [4.78, 5) is 24.0. The first kappa shape index (κ1) is 15.8. The van der Waals surface area contributed by atoms with Gasteiger partial charge in [-0.25, -0.2) is 0 Å². The van der Waals surface area contributed by atoms with Crippen molar-refractivity contribution in [3.63, 3.8) is 0 Å². The van der Waals surface area contributed by atoms with Crippen LogP contribution in [0.5, 0.6) is 0 Å². The zero-order valence-corrected chi connectivity index (χ0v) is 13.0. The van der Waals surface area contributed by atoms with Crippen LogP contribution in [0.4, 0.5) is 5.69 Å². The molecule has 0 radical (unpaired) electrons. The fraction of sp³-hybridized carbons (Fsp3) is 0.222. The number of nitrogens with one attached hydrogen (secondary N) is 2. The van der Waals surface area contributed by atoms with Crippen LogP contribution in [-0.4, -0.2) is 11.8 Å². The summed E-state index contributed by atoms with van der Waals surface area (Å²) in [6.07, 6.45) is 0. The van der Waals surface area contributed by atoms with Crippen molar-refractivity contribution in [2.45, 2.75) is 26.8 Å². The lowest BCUT2D eigenvalue weighted by molar-refractivity contribution is -0.136. The third kappa shape index (κ3) is 3.73. The van der Waals surface area contributed by atoms with Crippen LogP contribution in [0.2, 0.25) is 0 Å². The van der Waals surface area contributed by atoms with Gasteiger partial charge in [0.05, 0.1) is 6.04 Å². The number of anilines is 1. The molecule has 22 heavy (non-hydrogen) atoms. The second-order valence-corrected chi connectivity index (χ2v) is 5.31. The maximum Gasteiger partial charge on any atom is 0.313 e. The van der Waals surface area contributed by atoms with Crippen molar-refractivity contribution in [1.82, 2.24) is 5.32 Å². The van der Waals surface area contributed by atoms with Gasteiger partial charge in [-0.1, -0.05) is 42.5 Å². The van der Waals surface area contributed by atoms with Gasteiger partial charge >= 0.3 is 11.8 Å². The van der Waals surface area contributed by atoms with E-state index in [4.69, 9.17) is 0 Å². The van der Waals surface area contributed by atoms with E-state index in [0.717, 1.165) is 16.7 Å². The number of amides is 2. The Hall–Kier alpha value is -2.62. The van der Waals surface area contributed by atoms with Crippen LogP contribution in [-0.2, 0) is 9.59 Å². The van der Waals surface area contributed by atoms with E-state index in [2.05, 4.69) is 10.6 Å². The molecule has 0 saturated heterocycles. The molecule has 0 aliphatic heterocycles. The summed E-state index contributed by atoms with van der Waals surface area (Å²) in [5, 5.41) is 5.36. The predicted molar refractivity (Wildman–Crippen MR) is 87.5 cm³/mol. The minimum Gasteiger partial charge on any atom is -0.341 e. The molecule has 0 aliphatic rings. The lowest BCUT2D eigenvalue weighted by Gasteiger charge is -2.15. The smallest absolute Gasteiger partial charge is 0.313 e. The van der Waals surface area contributed by atoms with Crippen LogP contribution in [0.15, 0.2) is 48.5 Å². The van der Waals surface area contributed by atoms with Crippen LogP contribution in [0, 0.1) is 13.8 Å². The molecule has 0 fully saturated rings. The minimum absolute atomic E-state index is 0.224. The van der Waals surface area contributed by atoms with Crippen molar-refractivity contribution in [2.75, 3.05) is 5.32 Å². The Morgan fingerprint density at radius 3 is 2.27 bits per heavy atom. The van der Waals surface area contributed by atoms with Crippen molar-refractivity contribution in [1.29, 1.82) is 0 Å². The first-order valence-corrected chi connectivity index (χ1v) is 7.22. The van der Waals surface area contributed by atoms with E-state index in [1.54, 1.807) is 6.07 Å². The Labute approximate surface area is 130 Å². The number of carbonyl (C=O) groups is 2. The number of benzene rings is 2. The number of rotatable bonds is 3. The van der Waals surface area contributed by atoms with Gasteiger partial charge in [0, 0.05) is 5.69 Å². The van der Waals surface area contributed by atoms with E-state index < -0.39 is 11.8 Å². The highest BCUT2D eigenvalue weighted by Gasteiger charge is 2.17. The molecule has 0 aromatic heterocycles. The van der Waals surface area contributed by atoms with Crippen LogP contribution < -0.4 is 10.6 Å². The van der Waals surface area contributed by atoms with Gasteiger partial charge in [-0.3, -0.25) is 9.59 Å². The average Bonchev–Trinajstić information content (AvgIpc) is 2.52. The third-order valence-electron chi connectivity index (χ3n) is 3.71. The molecule has 2 N–H and O–H groups in total. The van der Waals surface area contributed by atoms with E-state index in [0.29, 0.717) is 5.69 Å². The normalized spacial score (nSPS) is 11.6. The number of carbonyl (C=O) groups excluding carboxylic acids is 2. The molecule has 2 rings (SSSR count). The molecular formula is C18H20N2O2. The number of hydrogen-bond acceptors (Lipinski definition) is 2. The van der Waals surface area contributed by atoms with Crippen molar-refractivity contribution < 1.29 is 9.59 Å². The van der Waals surface area contributed by atoms with Gasteiger partial charge in [-0.15, -0.1) is 0 Å². The molecule has 0 heterocycles. The summed E-state index contributed by atoms with van der Waals surface area (Å²) in [7, 11) is 0. The summed E-state index contributed by atoms with van der Waals surface area (Å²) in [5.41, 5.74) is 3.64. The van der Waals surface area contributed by atoms with Crippen molar-refractivity contribution >= 4 is 17.5 Å². The van der Waals surface area contributed by atoms with E-state index in [1.165, 1.54) is 0 Å². The van der Waals surface area contributed by atoms with Gasteiger partial charge in [-0.05, 0) is 43.5 Å². The topological polar surface area (TPSA) is 58.2 Å². The SMILES string of the molecule is Cc1cccc(NC(=O)C(=O)NC(C)c2ccccc2)c1C. The molecule has 4 heteroatoms. The molecule has 0 aliphatic carbocycles. The van der Waals surface area contributed by atoms with E-state index >= 15 is 0 Å². The predicted octanol–water partition coefficient (Wildman–Crippen LogP) is 3.12. The van der Waals surface area contributed by atoms with Gasteiger partial charge in [0.25, 0.3) is 0 Å². The van der Waals surface area contributed by atoms with E-state index in [1.807, 2.05) is 63.2 Å². The molecule has 0 saturated carbocycles. The maximum absolute atomic E-state index is 12.0. The van der Waals surface area contributed by atoms with Gasteiger partial charge in [0.1, 0.15) is 0 Å². The summed E-state index contributed by atoms with van der Waals surface area (Å²) < 4.78 is 0. The summed E-state index contributed by atoms with van der Waals surface area (Å²) in [6.45, 7) is 5.72. The summed E-state index contributed by atoms with van der Waals surface area (Å²) in [6, 6.07) is 14.9. The lowest BCUT2D eigenvalue weighted by Crippen LogP contribution is -2.37. The first-order chi connectivity index (χ1) is 10.5. The Bertz CT molecular complexity index is 681. The second kappa shape index (κ2) is 6.89. The average molecular weight is 296 g/mol. The minimum atomic E-state index is -0.656. The van der Waals surface area contributed by atoms with E-state index in [-0.39, 0.29) is 6.04 Å². The fourth-order valence-electron chi connectivity index (χ4n) is 2.15.